The topological polar surface area (TPSA) is 58.4 Å². The minimum atomic E-state index is 0.0247. The second-order valence-corrected chi connectivity index (χ2v) is 7.75. The molecule has 150 valence electrons. The molecule has 1 aliphatic rings. The van der Waals surface area contributed by atoms with Crippen LogP contribution in [0.2, 0.25) is 0 Å². The SMILES string of the molecule is O=C(Nc1ccc2oncc2c1)C1CCN(c2cccc(-c3ccccc3)c2)CC1. The Bertz CT molecular complexity index is 1160. The number of carbonyl (C=O) groups excluding carboxylic acids is 1. The monoisotopic (exact) mass is 397 g/mol. The van der Waals surface area contributed by atoms with Crippen molar-refractivity contribution in [2.75, 3.05) is 23.3 Å². The van der Waals surface area contributed by atoms with Crippen LogP contribution in [-0.4, -0.2) is 24.2 Å². The summed E-state index contributed by atoms with van der Waals surface area (Å²) < 4.78 is 5.12. The molecule has 0 aliphatic carbocycles. The number of piperidine rings is 1. The fraction of sp³-hybridized carbons (Fsp3) is 0.200. The van der Waals surface area contributed by atoms with Gasteiger partial charge in [0, 0.05) is 35.8 Å². The Kier molecular flexibility index (Phi) is 4.93. The molecule has 2 heterocycles. The van der Waals surface area contributed by atoms with Crippen molar-refractivity contribution in [3.8, 4) is 11.1 Å². The molecule has 1 amide bonds. The van der Waals surface area contributed by atoms with Gasteiger partial charge in [-0.25, -0.2) is 0 Å². The number of hydrogen-bond acceptors (Lipinski definition) is 4. The van der Waals surface area contributed by atoms with E-state index in [0.29, 0.717) is 0 Å². The van der Waals surface area contributed by atoms with Gasteiger partial charge in [0.05, 0.1) is 6.20 Å². The van der Waals surface area contributed by atoms with Crippen molar-refractivity contribution >= 4 is 28.3 Å². The summed E-state index contributed by atoms with van der Waals surface area (Å²) in [5.74, 6) is 0.111. The Balaban J connectivity index is 1.22. The molecule has 0 bridgehead atoms. The molecule has 0 saturated carbocycles. The number of aromatic nitrogens is 1. The van der Waals surface area contributed by atoms with Gasteiger partial charge in [-0.3, -0.25) is 4.79 Å². The molecule has 1 N–H and O–H groups in total. The van der Waals surface area contributed by atoms with E-state index < -0.39 is 0 Å². The van der Waals surface area contributed by atoms with E-state index >= 15 is 0 Å². The van der Waals surface area contributed by atoms with Crippen LogP contribution in [0.25, 0.3) is 22.1 Å². The zero-order valence-corrected chi connectivity index (χ0v) is 16.6. The van der Waals surface area contributed by atoms with Gasteiger partial charge in [-0.1, -0.05) is 47.6 Å². The lowest BCUT2D eigenvalue weighted by molar-refractivity contribution is -0.120. The molecule has 1 fully saturated rings. The van der Waals surface area contributed by atoms with Gasteiger partial charge in [-0.15, -0.1) is 0 Å². The van der Waals surface area contributed by atoms with E-state index in [1.165, 1.54) is 16.8 Å². The molecular weight excluding hydrogens is 374 g/mol. The lowest BCUT2D eigenvalue weighted by atomic mass is 9.95. The lowest BCUT2D eigenvalue weighted by Crippen LogP contribution is -2.38. The Morgan fingerprint density at radius 2 is 1.73 bits per heavy atom. The Morgan fingerprint density at radius 3 is 2.57 bits per heavy atom. The number of rotatable bonds is 4. The maximum atomic E-state index is 12.8. The van der Waals surface area contributed by atoms with E-state index in [1.807, 2.05) is 24.3 Å². The van der Waals surface area contributed by atoms with Crippen LogP contribution in [0.3, 0.4) is 0 Å². The van der Waals surface area contributed by atoms with Crippen molar-refractivity contribution in [2.24, 2.45) is 5.92 Å². The molecule has 0 radical (unpaired) electrons. The molecule has 3 aromatic carbocycles. The van der Waals surface area contributed by atoms with Crippen molar-refractivity contribution in [1.29, 1.82) is 0 Å². The molecule has 5 nitrogen and oxygen atoms in total. The summed E-state index contributed by atoms with van der Waals surface area (Å²) in [4.78, 5) is 15.1. The first kappa shape index (κ1) is 18.4. The average Bonchev–Trinajstić information content (AvgIpc) is 3.28. The molecule has 0 unspecified atom stereocenters. The minimum Gasteiger partial charge on any atom is -0.371 e. The summed E-state index contributed by atoms with van der Waals surface area (Å²) in [5.41, 5.74) is 5.16. The number of carbonyl (C=O) groups is 1. The fourth-order valence-electron chi connectivity index (χ4n) is 4.11. The van der Waals surface area contributed by atoms with Gasteiger partial charge in [0.25, 0.3) is 0 Å². The first-order valence-corrected chi connectivity index (χ1v) is 10.3. The highest BCUT2D eigenvalue weighted by molar-refractivity contribution is 5.94. The largest absolute Gasteiger partial charge is 0.371 e. The van der Waals surface area contributed by atoms with Crippen LogP contribution in [0.4, 0.5) is 11.4 Å². The van der Waals surface area contributed by atoms with Crippen LogP contribution in [0.5, 0.6) is 0 Å². The Hall–Kier alpha value is -3.60. The van der Waals surface area contributed by atoms with Crippen LogP contribution in [0, 0.1) is 5.92 Å². The number of fused-ring (bicyclic) bond motifs is 1. The van der Waals surface area contributed by atoms with E-state index in [1.54, 1.807) is 6.20 Å². The molecule has 0 spiro atoms. The first-order valence-electron chi connectivity index (χ1n) is 10.3. The van der Waals surface area contributed by atoms with E-state index in [2.05, 4.69) is 63.9 Å². The van der Waals surface area contributed by atoms with Gasteiger partial charge in [-0.05, 0) is 54.3 Å². The van der Waals surface area contributed by atoms with Crippen molar-refractivity contribution in [3.05, 3.63) is 79.0 Å². The fourth-order valence-corrected chi connectivity index (χ4v) is 4.11. The Labute approximate surface area is 175 Å². The quantitative estimate of drug-likeness (QED) is 0.504. The second-order valence-electron chi connectivity index (χ2n) is 7.75. The van der Waals surface area contributed by atoms with Crippen LogP contribution in [0.1, 0.15) is 12.8 Å². The molecule has 5 rings (SSSR count). The predicted octanol–water partition coefficient (Wildman–Crippen LogP) is 5.35. The summed E-state index contributed by atoms with van der Waals surface area (Å²) in [5, 5.41) is 7.72. The average molecular weight is 397 g/mol. The second kappa shape index (κ2) is 8.03. The molecule has 30 heavy (non-hydrogen) atoms. The maximum absolute atomic E-state index is 12.8. The van der Waals surface area contributed by atoms with Crippen LogP contribution in [-0.2, 0) is 4.79 Å². The van der Waals surface area contributed by atoms with E-state index in [0.717, 1.165) is 42.6 Å². The molecule has 0 atom stereocenters. The molecule has 1 aromatic heterocycles. The van der Waals surface area contributed by atoms with Crippen LogP contribution < -0.4 is 10.2 Å². The molecule has 1 aliphatic heterocycles. The highest BCUT2D eigenvalue weighted by Crippen LogP contribution is 2.29. The Morgan fingerprint density at radius 1 is 0.933 bits per heavy atom. The zero-order chi connectivity index (χ0) is 20.3. The number of benzene rings is 3. The summed E-state index contributed by atoms with van der Waals surface area (Å²) in [6, 6.07) is 24.7. The summed E-state index contributed by atoms with van der Waals surface area (Å²) in [6.45, 7) is 1.75. The van der Waals surface area contributed by atoms with E-state index in [4.69, 9.17) is 4.52 Å². The minimum absolute atomic E-state index is 0.0247. The molecular formula is C25H23N3O2. The van der Waals surface area contributed by atoms with Crippen LogP contribution in [0.15, 0.2) is 83.5 Å². The standard InChI is InChI=1S/C25H23N3O2/c29-25(27-22-9-10-24-21(15-22)17-26-30-24)19-11-13-28(14-12-19)23-8-4-7-20(16-23)18-5-2-1-3-6-18/h1-10,15-17,19H,11-14H2,(H,27,29). The molecule has 1 saturated heterocycles. The van der Waals surface area contributed by atoms with Crippen molar-refractivity contribution in [1.82, 2.24) is 5.16 Å². The number of amides is 1. The maximum Gasteiger partial charge on any atom is 0.227 e. The highest BCUT2D eigenvalue weighted by atomic mass is 16.5. The zero-order valence-electron chi connectivity index (χ0n) is 16.6. The van der Waals surface area contributed by atoms with Crippen molar-refractivity contribution in [2.45, 2.75) is 12.8 Å². The number of nitrogens with one attached hydrogen (secondary N) is 1. The van der Waals surface area contributed by atoms with Gasteiger partial charge in [0.15, 0.2) is 5.58 Å². The summed E-state index contributed by atoms with van der Waals surface area (Å²) in [7, 11) is 0. The molecule has 4 aromatic rings. The smallest absolute Gasteiger partial charge is 0.227 e. The lowest BCUT2D eigenvalue weighted by Gasteiger charge is -2.33. The van der Waals surface area contributed by atoms with Gasteiger partial charge in [0.1, 0.15) is 0 Å². The van der Waals surface area contributed by atoms with Gasteiger partial charge < -0.3 is 14.7 Å². The predicted molar refractivity (Wildman–Crippen MR) is 119 cm³/mol. The summed E-state index contributed by atoms with van der Waals surface area (Å²) in [6.07, 6.45) is 3.35. The van der Waals surface area contributed by atoms with Crippen molar-refractivity contribution in [3.63, 3.8) is 0 Å². The third kappa shape index (κ3) is 3.79. The molecule has 5 heteroatoms. The van der Waals surface area contributed by atoms with Crippen LogP contribution >= 0.6 is 0 Å². The first-order chi connectivity index (χ1) is 14.8. The van der Waals surface area contributed by atoms with Gasteiger partial charge in [-0.2, -0.15) is 0 Å². The highest BCUT2D eigenvalue weighted by Gasteiger charge is 2.25. The van der Waals surface area contributed by atoms with E-state index in [-0.39, 0.29) is 11.8 Å². The van der Waals surface area contributed by atoms with Gasteiger partial charge >= 0.3 is 0 Å². The van der Waals surface area contributed by atoms with Crippen molar-refractivity contribution < 1.29 is 9.32 Å². The summed E-state index contributed by atoms with van der Waals surface area (Å²) >= 11 is 0. The third-order valence-corrected chi connectivity index (χ3v) is 5.80. The number of anilines is 2. The number of nitrogens with zero attached hydrogens (tertiary/aromatic N) is 2. The third-order valence-electron chi connectivity index (χ3n) is 5.80. The normalized spacial score (nSPS) is 14.7. The van der Waals surface area contributed by atoms with E-state index in [9.17, 15) is 4.79 Å². The number of hydrogen-bond donors (Lipinski definition) is 1. The van der Waals surface area contributed by atoms with Gasteiger partial charge in [0.2, 0.25) is 5.91 Å².